The van der Waals surface area contributed by atoms with E-state index in [-0.39, 0.29) is 0 Å². The number of aromatic nitrogens is 2. The quantitative estimate of drug-likeness (QED) is 0.308. The van der Waals surface area contributed by atoms with Crippen molar-refractivity contribution in [3.63, 3.8) is 0 Å². The van der Waals surface area contributed by atoms with Gasteiger partial charge in [0.25, 0.3) is 0 Å². The van der Waals surface area contributed by atoms with E-state index in [2.05, 4.69) is 24.8 Å². The van der Waals surface area contributed by atoms with Crippen LogP contribution in [0.2, 0.25) is 0 Å². The molecule has 1 unspecified atom stereocenters. The third-order valence-corrected chi connectivity index (χ3v) is 5.88. The summed E-state index contributed by atoms with van der Waals surface area (Å²) in [6, 6.07) is 28.0. The van der Waals surface area contributed by atoms with Crippen molar-refractivity contribution in [1.29, 1.82) is 0 Å². The number of aryl methyl sites for hydroxylation is 2. The highest BCUT2D eigenvalue weighted by Gasteiger charge is 2.22. The lowest BCUT2D eigenvalue weighted by Gasteiger charge is -2.25. The molecule has 0 aliphatic rings. The van der Waals surface area contributed by atoms with E-state index in [9.17, 15) is 5.11 Å². The molecule has 3 aromatic carbocycles. The van der Waals surface area contributed by atoms with E-state index in [1.165, 1.54) is 0 Å². The van der Waals surface area contributed by atoms with Crippen LogP contribution in [0.1, 0.15) is 41.8 Å². The molecule has 0 saturated heterocycles. The monoisotopic (exact) mass is 455 g/mol. The summed E-state index contributed by atoms with van der Waals surface area (Å²) in [5.74, 6) is 1.49. The molecule has 1 N–H and O–H groups in total. The summed E-state index contributed by atoms with van der Waals surface area (Å²) >= 11 is 0. The topological polar surface area (TPSA) is 50.5 Å². The molecule has 5 nitrogen and oxygen atoms in total. The predicted octanol–water partition coefficient (Wildman–Crippen LogP) is 6.23. The lowest BCUT2D eigenvalue weighted by Crippen LogP contribution is -2.29. The number of rotatable bonds is 10. The summed E-state index contributed by atoms with van der Waals surface area (Å²) < 4.78 is 8.36. The molecule has 0 radical (unpaired) electrons. The molecule has 0 aliphatic heterocycles. The summed E-state index contributed by atoms with van der Waals surface area (Å²) in [5.41, 5.74) is 4.96. The smallest absolute Gasteiger partial charge is 0.227 e. The van der Waals surface area contributed by atoms with Crippen molar-refractivity contribution < 1.29 is 9.84 Å². The second-order valence-corrected chi connectivity index (χ2v) is 8.70. The fourth-order valence-corrected chi connectivity index (χ4v) is 4.16. The maximum absolute atomic E-state index is 10.9. The molecule has 0 bridgehead atoms. The van der Waals surface area contributed by atoms with Crippen molar-refractivity contribution >= 4 is 0 Å². The van der Waals surface area contributed by atoms with E-state index in [1.807, 2.05) is 90.5 Å². The molecule has 0 fully saturated rings. The first-order valence-corrected chi connectivity index (χ1v) is 11.9. The number of hydrogen-bond donors (Lipinski definition) is 1. The maximum atomic E-state index is 10.9. The predicted molar refractivity (Wildman–Crippen MR) is 137 cm³/mol. The van der Waals surface area contributed by atoms with Gasteiger partial charge in [-0.2, -0.15) is 5.10 Å². The third kappa shape index (κ3) is 5.74. The van der Waals surface area contributed by atoms with Crippen molar-refractivity contribution in [2.75, 3.05) is 13.1 Å². The van der Waals surface area contributed by atoms with Gasteiger partial charge < -0.3 is 9.84 Å². The van der Waals surface area contributed by atoms with E-state index >= 15 is 0 Å². The minimum absolute atomic E-state index is 0.539. The zero-order valence-electron chi connectivity index (χ0n) is 20.2. The van der Waals surface area contributed by atoms with Gasteiger partial charge in [0.1, 0.15) is 5.75 Å². The molecule has 0 spiro atoms. The van der Waals surface area contributed by atoms with Gasteiger partial charge in [-0.15, -0.1) is 0 Å². The largest absolute Gasteiger partial charge is 0.439 e. The Bertz CT molecular complexity index is 1190. The fraction of sp³-hybridized carbons (Fsp3) is 0.276. The van der Waals surface area contributed by atoms with Crippen LogP contribution in [0.15, 0.2) is 84.9 Å². The maximum Gasteiger partial charge on any atom is 0.227 e. The van der Waals surface area contributed by atoms with Crippen molar-refractivity contribution in [3.8, 4) is 17.3 Å². The Labute approximate surface area is 202 Å². The van der Waals surface area contributed by atoms with Gasteiger partial charge in [0.2, 0.25) is 5.88 Å². The fourth-order valence-electron chi connectivity index (χ4n) is 4.16. The van der Waals surface area contributed by atoms with E-state index in [1.54, 1.807) is 0 Å². The number of aliphatic hydroxyl groups excluding tert-OH is 1. The van der Waals surface area contributed by atoms with Crippen LogP contribution in [0.25, 0.3) is 5.69 Å². The van der Waals surface area contributed by atoms with Crippen molar-refractivity contribution in [2.24, 2.45) is 0 Å². The highest BCUT2D eigenvalue weighted by Crippen LogP contribution is 2.32. The molecule has 1 heterocycles. The Hall–Kier alpha value is -3.41. The van der Waals surface area contributed by atoms with Crippen LogP contribution < -0.4 is 4.74 Å². The SMILES string of the molecule is CCCN(Cc1c(C)nn(-c2ccccc2)c1Oc1cccc(C)c1)CC(O)c1ccccc1. The van der Waals surface area contributed by atoms with Gasteiger partial charge in [0.15, 0.2) is 0 Å². The van der Waals surface area contributed by atoms with E-state index < -0.39 is 6.10 Å². The molecule has 0 saturated carbocycles. The Morgan fingerprint density at radius 2 is 1.65 bits per heavy atom. The average Bonchev–Trinajstić information content (AvgIpc) is 3.15. The van der Waals surface area contributed by atoms with Crippen molar-refractivity contribution in [3.05, 3.63) is 107 Å². The highest BCUT2D eigenvalue weighted by atomic mass is 16.5. The van der Waals surface area contributed by atoms with Gasteiger partial charge in [0, 0.05) is 13.1 Å². The lowest BCUT2D eigenvalue weighted by molar-refractivity contribution is 0.108. The molecule has 0 amide bonds. The van der Waals surface area contributed by atoms with Crippen LogP contribution in [0.5, 0.6) is 11.6 Å². The lowest BCUT2D eigenvalue weighted by atomic mass is 10.1. The average molecular weight is 456 g/mol. The van der Waals surface area contributed by atoms with Crippen molar-refractivity contribution in [2.45, 2.75) is 39.8 Å². The molecule has 34 heavy (non-hydrogen) atoms. The number of para-hydroxylation sites is 1. The Morgan fingerprint density at radius 3 is 2.32 bits per heavy atom. The number of benzene rings is 3. The molecule has 0 aliphatic carbocycles. The molecule has 1 atom stereocenters. The van der Waals surface area contributed by atoms with Gasteiger partial charge in [-0.25, -0.2) is 4.68 Å². The van der Waals surface area contributed by atoms with Crippen LogP contribution in [-0.2, 0) is 6.54 Å². The number of nitrogens with zero attached hydrogens (tertiary/aromatic N) is 3. The zero-order valence-corrected chi connectivity index (χ0v) is 20.2. The normalized spacial score (nSPS) is 12.1. The standard InChI is InChI=1S/C29H33N3O2/c1-4-18-31(21-28(33)24-13-7-5-8-14-24)20-27-23(3)30-32(25-15-9-6-10-16-25)29(27)34-26-17-11-12-22(2)19-26/h5-17,19,28,33H,4,18,20-21H2,1-3H3. The van der Waals surface area contributed by atoms with Crippen molar-refractivity contribution in [1.82, 2.24) is 14.7 Å². The first-order chi connectivity index (χ1) is 16.5. The molecular formula is C29H33N3O2. The van der Waals surface area contributed by atoms with E-state index in [0.29, 0.717) is 19.0 Å². The molecule has 176 valence electrons. The summed E-state index contributed by atoms with van der Waals surface area (Å²) in [4.78, 5) is 2.28. The Morgan fingerprint density at radius 1 is 0.941 bits per heavy atom. The molecule has 1 aromatic heterocycles. The number of ether oxygens (including phenoxy) is 1. The van der Waals surface area contributed by atoms with E-state index in [0.717, 1.165) is 46.8 Å². The van der Waals surface area contributed by atoms with Gasteiger partial charge in [-0.3, -0.25) is 4.90 Å². The Balaban J connectivity index is 1.68. The first-order valence-electron chi connectivity index (χ1n) is 11.9. The molecule has 4 rings (SSSR count). The number of hydrogen-bond acceptors (Lipinski definition) is 4. The molecular weight excluding hydrogens is 422 g/mol. The zero-order chi connectivity index (χ0) is 23.9. The van der Waals surface area contributed by atoms with Gasteiger partial charge in [-0.1, -0.05) is 67.6 Å². The number of aliphatic hydroxyl groups is 1. The molecule has 5 heteroatoms. The van der Waals surface area contributed by atoms with Crippen LogP contribution in [0, 0.1) is 13.8 Å². The summed E-state index contributed by atoms with van der Waals surface area (Å²) in [6.07, 6.45) is 0.430. The second-order valence-electron chi connectivity index (χ2n) is 8.70. The van der Waals surface area contributed by atoms with Gasteiger partial charge >= 0.3 is 0 Å². The van der Waals surface area contributed by atoms with Gasteiger partial charge in [-0.05, 0) is 62.2 Å². The van der Waals surface area contributed by atoms with Crippen LogP contribution in [0.3, 0.4) is 0 Å². The van der Waals surface area contributed by atoms with Crippen LogP contribution in [-0.4, -0.2) is 32.9 Å². The third-order valence-electron chi connectivity index (χ3n) is 5.88. The molecule has 4 aromatic rings. The van der Waals surface area contributed by atoms with Gasteiger partial charge in [0.05, 0.1) is 23.0 Å². The highest BCUT2D eigenvalue weighted by molar-refractivity contribution is 5.43. The second kappa shape index (κ2) is 11.1. The van der Waals surface area contributed by atoms with Crippen LogP contribution >= 0.6 is 0 Å². The minimum Gasteiger partial charge on any atom is -0.439 e. The van der Waals surface area contributed by atoms with Crippen LogP contribution in [0.4, 0.5) is 0 Å². The summed E-state index contributed by atoms with van der Waals surface area (Å²) in [5, 5.41) is 15.7. The Kier molecular flexibility index (Phi) is 7.78. The van der Waals surface area contributed by atoms with E-state index in [4.69, 9.17) is 9.84 Å². The summed E-state index contributed by atoms with van der Waals surface area (Å²) in [6.45, 7) is 8.28. The summed E-state index contributed by atoms with van der Waals surface area (Å²) in [7, 11) is 0. The first kappa shape index (κ1) is 23.7. The minimum atomic E-state index is -0.557.